The van der Waals surface area contributed by atoms with Gasteiger partial charge < -0.3 is 5.32 Å². The molecule has 1 N–H and O–H groups in total. The van der Waals surface area contributed by atoms with E-state index >= 15 is 0 Å². The van der Waals surface area contributed by atoms with Crippen LogP contribution in [0.15, 0.2) is 40.7 Å². The van der Waals surface area contributed by atoms with Crippen LogP contribution < -0.4 is 5.32 Å². The van der Waals surface area contributed by atoms with Crippen molar-refractivity contribution in [2.45, 2.75) is 0 Å². The number of nitrogens with one attached hydrogen (secondary N) is 1. The van der Waals surface area contributed by atoms with Gasteiger partial charge in [-0.1, -0.05) is 29.4 Å². The van der Waals surface area contributed by atoms with Crippen molar-refractivity contribution in [2.24, 2.45) is 10.2 Å². The number of nitrogens with zero attached hydrogens (tertiary/aromatic N) is 3. The topological polar surface area (TPSA) is 66.7 Å². The van der Waals surface area contributed by atoms with Crippen molar-refractivity contribution in [3.05, 3.63) is 41.0 Å². The molecule has 2 aromatic rings. The van der Waals surface area contributed by atoms with E-state index in [9.17, 15) is 4.79 Å². The number of fused-ring (bicyclic) bond motifs is 1. The molecule has 0 unspecified atom stereocenters. The van der Waals surface area contributed by atoms with Crippen LogP contribution in [0.4, 0.5) is 0 Å². The summed E-state index contributed by atoms with van der Waals surface area (Å²) in [6.45, 7) is 0. The number of hydrogen-bond donors (Lipinski definition) is 1. The Morgan fingerprint density at radius 1 is 1.45 bits per heavy atom. The monoisotopic (exact) mass is 304 g/mol. The number of carbonyl (C=O) groups is 1. The number of benzene rings is 1. The summed E-state index contributed by atoms with van der Waals surface area (Å²) in [5, 5.41) is 12.6. The van der Waals surface area contributed by atoms with Gasteiger partial charge >= 0.3 is 0 Å². The smallest absolute Gasteiger partial charge is 0.236 e. The fourth-order valence-electron chi connectivity index (χ4n) is 1.80. The quantitative estimate of drug-likeness (QED) is 0.684. The van der Waals surface area contributed by atoms with Crippen LogP contribution in [-0.4, -0.2) is 28.0 Å². The molecule has 0 spiro atoms. The minimum Gasteiger partial charge on any atom is -0.303 e. The van der Waals surface area contributed by atoms with Crippen LogP contribution in [0.2, 0.25) is 5.02 Å². The van der Waals surface area contributed by atoms with Crippen molar-refractivity contribution in [2.75, 3.05) is 5.75 Å². The third-order valence-corrected chi connectivity index (χ3v) is 3.71. The predicted molar refractivity (Wildman–Crippen MR) is 82.4 cm³/mol. The third-order valence-electron chi connectivity index (χ3n) is 2.63. The van der Waals surface area contributed by atoms with Crippen LogP contribution in [0, 0.1) is 0 Å². The van der Waals surface area contributed by atoms with E-state index in [0.717, 1.165) is 16.5 Å². The molecule has 20 heavy (non-hydrogen) atoms. The number of carbonyl (C=O) groups excluding carboxylic acids is 1. The Bertz CT molecular complexity index is 744. The standard InChI is InChI=1S/C13H9ClN4OS/c14-10-4-8-2-1-3-15-12(8)9(5-10)6-16-18-13-17-11(19)7-20-13/h1-6H,7H2,(H,17,18,19). The minimum atomic E-state index is -0.0566. The van der Waals surface area contributed by atoms with Gasteiger partial charge in [-0.3, -0.25) is 9.78 Å². The second-order valence-corrected chi connectivity index (χ2v) is 5.46. The van der Waals surface area contributed by atoms with Crippen molar-refractivity contribution in [1.29, 1.82) is 0 Å². The predicted octanol–water partition coefficient (Wildman–Crippen LogP) is 2.44. The van der Waals surface area contributed by atoms with Crippen molar-refractivity contribution >= 4 is 51.6 Å². The normalized spacial score (nSPS) is 17.2. The zero-order valence-corrected chi connectivity index (χ0v) is 11.8. The molecule has 3 rings (SSSR count). The molecule has 1 aromatic heterocycles. The lowest BCUT2D eigenvalue weighted by molar-refractivity contribution is -0.116. The SMILES string of the molecule is O=C1CSC(=NN=Cc2cc(Cl)cc3cccnc23)N1. The van der Waals surface area contributed by atoms with Crippen molar-refractivity contribution in [3.63, 3.8) is 0 Å². The van der Waals surface area contributed by atoms with Crippen molar-refractivity contribution < 1.29 is 4.79 Å². The maximum Gasteiger partial charge on any atom is 0.236 e. The van der Waals surface area contributed by atoms with Gasteiger partial charge in [-0.25, -0.2) is 0 Å². The van der Waals surface area contributed by atoms with E-state index in [0.29, 0.717) is 15.9 Å². The highest BCUT2D eigenvalue weighted by Crippen LogP contribution is 2.21. The molecule has 0 bridgehead atoms. The zero-order valence-electron chi connectivity index (χ0n) is 10.2. The van der Waals surface area contributed by atoms with Gasteiger partial charge in [0.15, 0.2) is 5.17 Å². The van der Waals surface area contributed by atoms with E-state index < -0.39 is 0 Å². The molecule has 1 aliphatic rings. The summed E-state index contributed by atoms with van der Waals surface area (Å²) in [6.07, 6.45) is 3.30. The summed E-state index contributed by atoms with van der Waals surface area (Å²) in [6, 6.07) is 7.41. The molecule has 5 nitrogen and oxygen atoms in total. The van der Waals surface area contributed by atoms with Gasteiger partial charge in [-0.05, 0) is 18.2 Å². The average molecular weight is 305 g/mol. The lowest BCUT2D eigenvalue weighted by Gasteiger charge is -2.01. The molecular formula is C13H9ClN4OS. The van der Waals surface area contributed by atoms with Gasteiger partial charge in [0.2, 0.25) is 5.91 Å². The van der Waals surface area contributed by atoms with Crippen LogP contribution in [0.5, 0.6) is 0 Å². The highest BCUT2D eigenvalue weighted by atomic mass is 35.5. The van der Waals surface area contributed by atoms with Crippen molar-refractivity contribution in [1.82, 2.24) is 10.3 Å². The molecule has 100 valence electrons. The van der Waals surface area contributed by atoms with Crippen LogP contribution in [0.25, 0.3) is 10.9 Å². The van der Waals surface area contributed by atoms with E-state index in [-0.39, 0.29) is 5.91 Å². The Hall–Kier alpha value is -1.92. The number of amides is 1. The summed E-state index contributed by atoms with van der Waals surface area (Å²) < 4.78 is 0. The highest BCUT2D eigenvalue weighted by molar-refractivity contribution is 8.15. The van der Waals surface area contributed by atoms with Gasteiger partial charge in [0.1, 0.15) is 0 Å². The van der Waals surface area contributed by atoms with Gasteiger partial charge in [0.25, 0.3) is 0 Å². The van der Waals surface area contributed by atoms with Gasteiger partial charge in [-0.15, -0.1) is 5.10 Å². The molecule has 1 amide bonds. The van der Waals surface area contributed by atoms with Crippen molar-refractivity contribution in [3.8, 4) is 0 Å². The number of aromatic nitrogens is 1. The minimum absolute atomic E-state index is 0.0566. The molecule has 2 heterocycles. The van der Waals surface area contributed by atoms with Gasteiger partial charge in [-0.2, -0.15) is 5.10 Å². The maximum atomic E-state index is 11.0. The van der Waals surface area contributed by atoms with Crippen LogP contribution in [0.1, 0.15) is 5.56 Å². The molecule has 0 radical (unpaired) electrons. The van der Waals surface area contributed by atoms with E-state index in [4.69, 9.17) is 11.6 Å². The largest absolute Gasteiger partial charge is 0.303 e. The molecule has 1 aliphatic heterocycles. The molecule has 1 saturated heterocycles. The van der Waals surface area contributed by atoms with E-state index in [1.165, 1.54) is 11.8 Å². The zero-order chi connectivity index (χ0) is 13.9. The van der Waals surface area contributed by atoms with E-state index in [2.05, 4.69) is 20.5 Å². The molecule has 0 saturated carbocycles. The molecule has 1 aromatic carbocycles. The summed E-state index contributed by atoms with van der Waals surface area (Å²) in [5.74, 6) is 0.328. The number of hydrogen-bond acceptors (Lipinski definition) is 5. The first-order chi connectivity index (χ1) is 9.72. The van der Waals surface area contributed by atoms with Crippen LogP contribution in [0.3, 0.4) is 0 Å². The Morgan fingerprint density at radius 2 is 2.35 bits per heavy atom. The summed E-state index contributed by atoms with van der Waals surface area (Å²) in [7, 11) is 0. The van der Waals surface area contributed by atoms with E-state index in [1.807, 2.05) is 18.2 Å². The Morgan fingerprint density at radius 3 is 3.15 bits per heavy atom. The number of rotatable bonds is 2. The molecule has 0 aliphatic carbocycles. The molecule has 0 atom stereocenters. The average Bonchev–Trinajstić information content (AvgIpc) is 2.84. The molecule has 7 heteroatoms. The summed E-state index contributed by atoms with van der Waals surface area (Å²) in [4.78, 5) is 15.3. The second kappa shape index (κ2) is 5.60. The number of halogens is 1. The van der Waals surface area contributed by atoms with Gasteiger partial charge in [0.05, 0.1) is 17.5 Å². The Balaban J connectivity index is 1.92. The molecular weight excluding hydrogens is 296 g/mol. The summed E-state index contributed by atoms with van der Waals surface area (Å²) in [5.41, 5.74) is 1.59. The lowest BCUT2D eigenvalue weighted by Crippen LogP contribution is -2.19. The summed E-state index contributed by atoms with van der Waals surface area (Å²) >= 11 is 7.39. The number of amidine groups is 1. The Labute approximate surface area is 124 Å². The highest BCUT2D eigenvalue weighted by Gasteiger charge is 2.15. The van der Waals surface area contributed by atoms with E-state index in [1.54, 1.807) is 18.5 Å². The number of pyridine rings is 1. The second-order valence-electron chi connectivity index (χ2n) is 4.06. The molecule has 1 fully saturated rings. The Kier molecular flexibility index (Phi) is 3.66. The number of thioether (sulfide) groups is 1. The first kappa shape index (κ1) is 13.1. The maximum absolute atomic E-state index is 11.0. The lowest BCUT2D eigenvalue weighted by atomic mass is 10.1. The van der Waals surface area contributed by atoms with Crippen LogP contribution >= 0.6 is 23.4 Å². The fraction of sp³-hybridized carbons (Fsp3) is 0.0769. The van der Waals surface area contributed by atoms with Crippen LogP contribution in [-0.2, 0) is 4.79 Å². The fourth-order valence-corrected chi connectivity index (χ4v) is 2.67. The first-order valence-electron chi connectivity index (χ1n) is 5.80. The third kappa shape index (κ3) is 2.81. The first-order valence-corrected chi connectivity index (χ1v) is 7.17. The van der Waals surface area contributed by atoms with Gasteiger partial charge in [0, 0.05) is 22.2 Å².